The van der Waals surface area contributed by atoms with E-state index < -0.39 is 5.97 Å². The molecular weight excluding hydrogens is 272 g/mol. The molecule has 1 aliphatic heterocycles. The van der Waals surface area contributed by atoms with Gasteiger partial charge >= 0.3 is 12.0 Å². The molecule has 0 spiro atoms. The molecule has 21 heavy (non-hydrogen) atoms. The zero-order valence-corrected chi connectivity index (χ0v) is 11.2. The average molecular weight is 286 g/mol. The van der Waals surface area contributed by atoms with Crippen LogP contribution < -0.4 is 5.32 Å². The zero-order valence-electron chi connectivity index (χ0n) is 11.2. The summed E-state index contributed by atoms with van der Waals surface area (Å²) < 4.78 is 0. The number of amides is 2. The lowest BCUT2D eigenvalue weighted by Gasteiger charge is -2.15. The third-order valence-corrected chi connectivity index (χ3v) is 3.46. The number of fused-ring (bicyclic) bond motifs is 1. The Labute approximate surface area is 120 Å². The molecule has 3 rings (SSSR count). The number of carbonyl (C=O) groups is 2. The second-order valence-electron chi connectivity index (χ2n) is 4.91. The first kappa shape index (κ1) is 13.2. The number of hydrogen-bond acceptors (Lipinski definition) is 3. The number of nitrogens with zero attached hydrogens (tertiary/aromatic N) is 2. The van der Waals surface area contributed by atoms with Crippen LogP contribution in [0.5, 0.6) is 0 Å². The van der Waals surface area contributed by atoms with E-state index in [9.17, 15) is 9.59 Å². The number of nitrogens with one attached hydrogen (secondary N) is 2. The lowest BCUT2D eigenvalue weighted by atomic mass is 10.1. The Hall–Kier alpha value is -2.83. The van der Waals surface area contributed by atoms with Crippen LogP contribution in [0.4, 0.5) is 4.79 Å². The molecule has 0 aliphatic carbocycles. The Bertz CT molecular complexity index is 682. The van der Waals surface area contributed by atoms with E-state index in [2.05, 4.69) is 15.5 Å². The highest BCUT2D eigenvalue weighted by atomic mass is 16.4. The number of hydrogen-bond donors (Lipinski definition) is 3. The van der Waals surface area contributed by atoms with Gasteiger partial charge in [-0.15, -0.1) is 0 Å². The fourth-order valence-electron chi connectivity index (χ4n) is 2.33. The summed E-state index contributed by atoms with van der Waals surface area (Å²) in [6, 6.07) is 4.78. The monoisotopic (exact) mass is 286 g/mol. The maximum absolute atomic E-state index is 12.1. The lowest BCUT2D eigenvalue weighted by molar-refractivity contribution is 0.0696. The molecule has 2 heterocycles. The third kappa shape index (κ3) is 2.71. The van der Waals surface area contributed by atoms with Gasteiger partial charge in [0.2, 0.25) is 0 Å². The van der Waals surface area contributed by atoms with Crippen LogP contribution in [0.1, 0.15) is 27.0 Å². The van der Waals surface area contributed by atoms with Crippen molar-refractivity contribution in [3.05, 3.63) is 52.8 Å². The van der Waals surface area contributed by atoms with Gasteiger partial charge in [-0.25, -0.2) is 9.59 Å². The van der Waals surface area contributed by atoms with Gasteiger partial charge in [0.15, 0.2) is 0 Å². The number of carboxylic acid groups (broad SMARTS) is 1. The van der Waals surface area contributed by atoms with Gasteiger partial charge in [-0.2, -0.15) is 5.10 Å². The van der Waals surface area contributed by atoms with Crippen molar-refractivity contribution in [2.45, 2.75) is 19.6 Å². The quantitative estimate of drug-likeness (QED) is 0.792. The maximum atomic E-state index is 12.1. The smallest absolute Gasteiger partial charge is 0.335 e. The summed E-state index contributed by atoms with van der Waals surface area (Å²) in [5, 5.41) is 18.3. The first-order chi connectivity index (χ1) is 10.1. The van der Waals surface area contributed by atoms with E-state index >= 15 is 0 Å². The maximum Gasteiger partial charge on any atom is 0.335 e. The molecule has 3 N–H and O–H groups in total. The van der Waals surface area contributed by atoms with Crippen LogP contribution >= 0.6 is 0 Å². The summed E-state index contributed by atoms with van der Waals surface area (Å²) in [4.78, 5) is 24.7. The summed E-state index contributed by atoms with van der Waals surface area (Å²) >= 11 is 0. The Morgan fingerprint density at radius 1 is 1.33 bits per heavy atom. The van der Waals surface area contributed by atoms with E-state index in [1.165, 1.54) is 0 Å². The fraction of sp³-hybridized carbons (Fsp3) is 0.214. The van der Waals surface area contributed by atoms with Gasteiger partial charge in [0.25, 0.3) is 0 Å². The fourth-order valence-corrected chi connectivity index (χ4v) is 2.33. The van der Waals surface area contributed by atoms with E-state index in [4.69, 9.17) is 5.11 Å². The van der Waals surface area contributed by atoms with E-state index in [0.29, 0.717) is 19.6 Å². The van der Waals surface area contributed by atoms with Gasteiger partial charge in [-0.3, -0.25) is 5.10 Å². The minimum Gasteiger partial charge on any atom is -0.478 e. The van der Waals surface area contributed by atoms with Gasteiger partial charge in [0.05, 0.1) is 11.8 Å². The topological polar surface area (TPSA) is 98.3 Å². The van der Waals surface area contributed by atoms with Crippen LogP contribution in [0, 0.1) is 0 Å². The molecule has 7 nitrogen and oxygen atoms in total. The van der Waals surface area contributed by atoms with Gasteiger partial charge in [0.1, 0.15) is 0 Å². The molecule has 0 radical (unpaired) electrons. The molecule has 1 aromatic carbocycles. The van der Waals surface area contributed by atoms with Crippen molar-refractivity contribution < 1.29 is 14.7 Å². The van der Waals surface area contributed by atoms with Crippen LogP contribution in [0.15, 0.2) is 30.6 Å². The minimum atomic E-state index is -0.958. The predicted octanol–water partition coefficient (Wildman–Crippen LogP) is 1.33. The zero-order chi connectivity index (χ0) is 14.8. The normalized spacial score (nSPS) is 13.0. The molecular formula is C14H14N4O3. The first-order valence-corrected chi connectivity index (χ1v) is 6.49. The number of benzene rings is 1. The van der Waals surface area contributed by atoms with Crippen LogP contribution in [0.3, 0.4) is 0 Å². The van der Waals surface area contributed by atoms with Crippen molar-refractivity contribution in [3.8, 4) is 0 Å². The Balaban J connectivity index is 1.64. The van der Waals surface area contributed by atoms with Crippen molar-refractivity contribution in [2.75, 3.05) is 0 Å². The standard InChI is InChI=1S/C14H14N4O3/c19-13(20)10-1-2-11-7-18(8-12(11)3-10)14(21)15-4-9-5-16-17-6-9/h1-3,5-6H,4,7-8H2,(H,15,21)(H,16,17)(H,19,20). The molecule has 0 saturated carbocycles. The van der Waals surface area contributed by atoms with Crippen molar-refractivity contribution in [2.24, 2.45) is 0 Å². The lowest BCUT2D eigenvalue weighted by Crippen LogP contribution is -2.35. The van der Waals surface area contributed by atoms with Crippen LogP contribution in [0.2, 0.25) is 0 Å². The number of carboxylic acids is 1. The Morgan fingerprint density at radius 2 is 2.14 bits per heavy atom. The second kappa shape index (κ2) is 5.28. The highest BCUT2D eigenvalue weighted by Gasteiger charge is 2.24. The van der Waals surface area contributed by atoms with E-state index in [-0.39, 0.29) is 11.6 Å². The molecule has 108 valence electrons. The first-order valence-electron chi connectivity index (χ1n) is 6.49. The number of carbonyl (C=O) groups excluding carboxylic acids is 1. The number of H-pyrrole nitrogens is 1. The number of urea groups is 1. The van der Waals surface area contributed by atoms with E-state index in [1.807, 2.05) is 0 Å². The number of aromatic carboxylic acids is 1. The summed E-state index contributed by atoms with van der Waals surface area (Å²) in [6.07, 6.45) is 3.37. The van der Waals surface area contributed by atoms with Gasteiger partial charge in [-0.1, -0.05) is 6.07 Å². The van der Waals surface area contributed by atoms with Gasteiger partial charge in [0, 0.05) is 31.4 Å². The molecule has 0 bridgehead atoms. The number of aromatic amines is 1. The third-order valence-electron chi connectivity index (χ3n) is 3.46. The Morgan fingerprint density at radius 3 is 2.86 bits per heavy atom. The van der Waals surface area contributed by atoms with Crippen LogP contribution in [0.25, 0.3) is 0 Å². The minimum absolute atomic E-state index is 0.177. The van der Waals surface area contributed by atoms with Gasteiger partial charge < -0.3 is 15.3 Å². The van der Waals surface area contributed by atoms with Crippen LogP contribution in [-0.4, -0.2) is 32.2 Å². The molecule has 7 heteroatoms. The van der Waals surface area contributed by atoms with E-state index in [0.717, 1.165) is 16.7 Å². The molecule has 0 fully saturated rings. The van der Waals surface area contributed by atoms with Crippen molar-refractivity contribution >= 4 is 12.0 Å². The molecule has 1 aliphatic rings. The van der Waals surface area contributed by atoms with Crippen molar-refractivity contribution in [1.29, 1.82) is 0 Å². The largest absolute Gasteiger partial charge is 0.478 e. The summed E-state index contributed by atoms with van der Waals surface area (Å²) in [5.74, 6) is -0.958. The molecule has 0 saturated heterocycles. The number of rotatable bonds is 3. The number of aromatic nitrogens is 2. The molecule has 2 aromatic rings. The van der Waals surface area contributed by atoms with Gasteiger partial charge in [-0.05, 0) is 23.3 Å². The Kier molecular flexibility index (Phi) is 3.31. The van der Waals surface area contributed by atoms with Crippen LogP contribution in [-0.2, 0) is 19.6 Å². The molecule has 0 atom stereocenters. The highest BCUT2D eigenvalue weighted by Crippen LogP contribution is 2.23. The second-order valence-corrected chi connectivity index (χ2v) is 4.91. The summed E-state index contributed by atoms with van der Waals surface area (Å²) in [6.45, 7) is 1.32. The van der Waals surface area contributed by atoms with Crippen molar-refractivity contribution in [1.82, 2.24) is 20.4 Å². The highest BCUT2D eigenvalue weighted by molar-refractivity contribution is 5.88. The summed E-state index contributed by atoms with van der Waals surface area (Å²) in [5.41, 5.74) is 3.01. The molecule has 2 amide bonds. The summed E-state index contributed by atoms with van der Waals surface area (Å²) in [7, 11) is 0. The molecule has 1 aromatic heterocycles. The predicted molar refractivity (Wildman–Crippen MR) is 73.5 cm³/mol. The van der Waals surface area contributed by atoms with Crippen molar-refractivity contribution in [3.63, 3.8) is 0 Å². The average Bonchev–Trinajstić information content (AvgIpc) is 3.12. The SMILES string of the molecule is O=C(O)c1ccc2c(c1)CN(C(=O)NCc1cn[nH]c1)C2. The molecule has 0 unspecified atom stereocenters. The van der Waals surface area contributed by atoms with E-state index in [1.54, 1.807) is 35.5 Å².